The quantitative estimate of drug-likeness (QED) is 0.729. The zero-order chi connectivity index (χ0) is 16.9. The molecule has 0 bridgehead atoms. The maximum atomic E-state index is 5.87. The number of benzene rings is 2. The first-order valence-corrected chi connectivity index (χ1v) is 8.50. The summed E-state index contributed by atoms with van der Waals surface area (Å²) in [6.07, 6.45) is 5.53. The molecule has 0 saturated carbocycles. The summed E-state index contributed by atoms with van der Waals surface area (Å²) in [5.41, 5.74) is 0.967. The number of nitrogens with zero attached hydrogens (tertiary/aromatic N) is 1. The van der Waals surface area contributed by atoms with Crippen molar-refractivity contribution < 1.29 is 13.9 Å². The first kappa shape index (κ1) is 15.7. The lowest BCUT2D eigenvalue weighted by molar-refractivity contribution is 0.277. The average Bonchev–Trinajstić information content (AvgIpc) is 3.36. The number of hydrogen-bond acceptors (Lipinski definition) is 5. The van der Waals surface area contributed by atoms with Gasteiger partial charge in [0.05, 0.1) is 6.20 Å². The summed E-state index contributed by atoms with van der Waals surface area (Å²) < 4.78 is 17.0. The number of oxazole rings is 1. The van der Waals surface area contributed by atoms with Crippen LogP contribution in [0.2, 0.25) is 0 Å². The van der Waals surface area contributed by atoms with E-state index in [-0.39, 0.29) is 0 Å². The van der Waals surface area contributed by atoms with Crippen molar-refractivity contribution in [2.45, 2.75) is 18.9 Å². The zero-order valence-electron chi connectivity index (χ0n) is 13.9. The molecule has 1 saturated heterocycles. The molecule has 2 heterocycles. The van der Waals surface area contributed by atoms with Gasteiger partial charge in [-0.25, -0.2) is 4.98 Å². The van der Waals surface area contributed by atoms with E-state index >= 15 is 0 Å². The molecule has 5 heteroatoms. The van der Waals surface area contributed by atoms with Crippen LogP contribution in [0.3, 0.4) is 0 Å². The molecule has 5 nitrogen and oxygen atoms in total. The number of aromatic nitrogens is 1. The van der Waals surface area contributed by atoms with Crippen LogP contribution in [-0.4, -0.2) is 24.2 Å². The molecule has 1 aliphatic heterocycles. The first-order chi connectivity index (χ1) is 12.4. The fraction of sp³-hybridized carbons (Fsp3) is 0.250. The van der Waals surface area contributed by atoms with Crippen LogP contribution in [0.25, 0.3) is 11.3 Å². The van der Waals surface area contributed by atoms with Gasteiger partial charge >= 0.3 is 0 Å². The fourth-order valence-corrected chi connectivity index (χ4v) is 2.88. The Morgan fingerprint density at radius 2 is 1.72 bits per heavy atom. The van der Waals surface area contributed by atoms with E-state index in [1.54, 1.807) is 6.20 Å². The molecule has 1 aromatic heterocycles. The van der Waals surface area contributed by atoms with Crippen LogP contribution >= 0.6 is 0 Å². The van der Waals surface area contributed by atoms with Crippen LogP contribution in [-0.2, 0) is 0 Å². The molecule has 0 spiro atoms. The smallest absolute Gasteiger partial charge is 0.181 e. The molecule has 128 valence electrons. The van der Waals surface area contributed by atoms with Gasteiger partial charge in [0, 0.05) is 11.6 Å². The van der Waals surface area contributed by atoms with Crippen LogP contribution in [0, 0.1) is 0 Å². The second-order valence-corrected chi connectivity index (χ2v) is 6.07. The monoisotopic (exact) mass is 336 g/mol. The van der Waals surface area contributed by atoms with E-state index in [0.29, 0.717) is 12.6 Å². The Morgan fingerprint density at radius 1 is 1.00 bits per heavy atom. The predicted octanol–water partition coefficient (Wildman–Crippen LogP) is 4.26. The molecule has 2 aromatic carbocycles. The molecular formula is C20H20N2O3. The highest BCUT2D eigenvalue weighted by Crippen LogP contribution is 2.27. The maximum absolute atomic E-state index is 5.87. The van der Waals surface area contributed by atoms with Gasteiger partial charge < -0.3 is 19.2 Å². The van der Waals surface area contributed by atoms with Gasteiger partial charge in [-0.3, -0.25) is 0 Å². The lowest BCUT2D eigenvalue weighted by Crippen LogP contribution is -2.28. The second kappa shape index (κ2) is 7.40. The molecule has 3 aromatic rings. The summed E-state index contributed by atoms with van der Waals surface area (Å²) in [6.45, 7) is 1.80. The average molecular weight is 336 g/mol. The molecule has 0 radical (unpaired) electrons. The highest BCUT2D eigenvalue weighted by Gasteiger charge is 2.14. The van der Waals surface area contributed by atoms with Crippen LogP contribution in [0.4, 0.5) is 0 Å². The predicted molar refractivity (Wildman–Crippen MR) is 95.0 cm³/mol. The molecule has 1 aliphatic rings. The first-order valence-electron chi connectivity index (χ1n) is 8.50. The largest absolute Gasteiger partial charge is 0.492 e. The Balaban J connectivity index is 1.34. The summed E-state index contributed by atoms with van der Waals surface area (Å²) in [6, 6.07) is 15.9. The van der Waals surface area contributed by atoms with Crippen molar-refractivity contribution in [3.05, 3.63) is 61.1 Å². The van der Waals surface area contributed by atoms with Crippen LogP contribution < -0.4 is 14.8 Å². The Bertz CT molecular complexity index is 777. The normalized spacial score (nSPS) is 16.7. The minimum absolute atomic E-state index is 0.471. The number of hydrogen-bond donors (Lipinski definition) is 1. The molecule has 1 N–H and O–H groups in total. The van der Waals surface area contributed by atoms with Crippen molar-refractivity contribution in [1.82, 2.24) is 10.3 Å². The Kier molecular flexibility index (Phi) is 4.65. The van der Waals surface area contributed by atoms with Gasteiger partial charge in [-0.1, -0.05) is 0 Å². The Labute approximate surface area is 146 Å². The maximum Gasteiger partial charge on any atom is 0.181 e. The van der Waals surface area contributed by atoms with E-state index in [2.05, 4.69) is 10.3 Å². The minimum Gasteiger partial charge on any atom is -0.492 e. The minimum atomic E-state index is 0.471. The third kappa shape index (κ3) is 4.00. The van der Waals surface area contributed by atoms with Gasteiger partial charge in [0.2, 0.25) is 0 Å². The molecule has 4 rings (SSSR count). The zero-order valence-corrected chi connectivity index (χ0v) is 13.9. The van der Waals surface area contributed by atoms with E-state index in [1.807, 2.05) is 48.5 Å². The summed E-state index contributed by atoms with van der Waals surface area (Å²) in [5, 5.41) is 3.43. The molecule has 1 fully saturated rings. The van der Waals surface area contributed by atoms with Gasteiger partial charge in [-0.05, 0) is 67.9 Å². The van der Waals surface area contributed by atoms with Crippen molar-refractivity contribution in [3.8, 4) is 28.6 Å². The standard InChI is InChI=1S/C20H20N2O3/c1-2-16(22-11-1)13-23-17-7-9-19(10-8-17)25-18-5-3-15(4-6-18)20-12-21-14-24-20/h3-10,12,14,16,22H,1-2,11,13H2/t16-/m0/s1. The van der Waals surface area contributed by atoms with Crippen molar-refractivity contribution in [3.63, 3.8) is 0 Å². The number of ether oxygens (including phenoxy) is 2. The Hall–Kier alpha value is -2.79. The van der Waals surface area contributed by atoms with Crippen LogP contribution in [0.15, 0.2) is 65.5 Å². The van der Waals surface area contributed by atoms with Crippen molar-refractivity contribution in [1.29, 1.82) is 0 Å². The number of nitrogens with one attached hydrogen (secondary N) is 1. The SMILES string of the molecule is c1ncc(-c2ccc(Oc3ccc(OC[C@@H]4CCCN4)cc3)cc2)o1. The topological polar surface area (TPSA) is 56.5 Å². The summed E-state index contributed by atoms with van der Waals surface area (Å²) >= 11 is 0. The number of rotatable bonds is 6. The van der Waals surface area contributed by atoms with Gasteiger partial charge in [0.1, 0.15) is 23.9 Å². The molecule has 0 amide bonds. The Morgan fingerprint density at radius 3 is 2.36 bits per heavy atom. The van der Waals surface area contributed by atoms with Gasteiger partial charge in [0.25, 0.3) is 0 Å². The van der Waals surface area contributed by atoms with Gasteiger partial charge in [0.15, 0.2) is 12.2 Å². The van der Waals surface area contributed by atoms with E-state index in [4.69, 9.17) is 13.9 Å². The highest BCUT2D eigenvalue weighted by atomic mass is 16.5. The molecule has 0 aliphatic carbocycles. The molecule has 25 heavy (non-hydrogen) atoms. The van der Waals surface area contributed by atoms with Crippen molar-refractivity contribution >= 4 is 0 Å². The van der Waals surface area contributed by atoms with Crippen LogP contribution in [0.1, 0.15) is 12.8 Å². The third-order valence-electron chi connectivity index (χ3n) is 4.24. The van der Waals surface area contributed by atoms with E-state index < -0.39 is 0 Å². The third-order valence-corrected chi connectivity index (χ3v) is 4.24. The molecule has 0 unspecified atom stereocenters. The van der Waals surface area contributed by atoms with Crippen molar-refractivity contribution in [2.75, 3.05) is 13.2 Å². The van der Waals surface area contributed by atoms with Gasteiger partial charge in [-0.2, -0.15) is 0 Å². The molecule has 1 atom stereocenters. The fourth-order valence-electron chi connectivity index (χ4n) is 2.88. The lowest BCUT2D eigenvalue weighted by Gasteiger charge is -2.12. The van der Waals surface area contributed by atoms with Crippen LogP contribution in [0.5, 0.6) is 17.2 Å². The summed E-state index contributed by atoms with van der Waals surface area (Å²) in [4.78, 5) is 3.92. The van der Waals surface area contributed by atoms with Gasteiger partial charge in [-0.15, -0.1) is 0 Å². The molecular weight excluding hydrogens is 316 g/mol. The van der Waals surface area contributed by atoms with E-state index in [1.165, 1.54) is 19.2 Å². The van der Waals surface area contributed by atoms with E-state index in [9.17, 15) is 0 Å². The van der Waals surface area contributed by atoms with Crippen molar-refractivity contribution in [2.24, 2.45) is 0 Å². The highest BCUT2D eigenvalue weighted by molar-refractivity contribution is 5.57. The summed E-state index contributed by atoms with van der Waals surface area (Å²) in [7, 11) is 0. The second-order valence-electron chi connectivity index (χ2n) is 6.07. The van der Waals surface area contributed by atoms with E-state index in [0.717, 1.165) is 35.1 Å². The lowest BCUT2D eigenvalue weighted by atomic mass is 10.2. The summed E-state index contributed by atoms with van der Waals surface area (Å²) in [5.74, 6) is 3.15.